The van der Waals surface area contributed by atoms with Crippen LogP contribution in [0.4, 0.5) is 0 Å². The summed E-state index contributed by atoms with van der Waals surface area (Å²) < 4.78 is 4.49. The van der Waals surface area contributed by atoms with Crippen molar-refractivity contribution >= 4 is 11.9 Å². The van der Waals surface area contributed by atoms with Crippen LogP contribution in [0.1, 0.15) is 135 Å². The number of amides is 1. The van der Waals surface area contributed by atoms with Gasteiger partial charge in [-0.05, 0) is 6.42 Å². The first-order valence-electron chi connectivity index (χ1n) is 12.5. The quantitative estimate of drug-likeness (QED) is 0.153. The molecule has 0 aliphatic rings. The van der Waals surface area contributed by atoms with Crippen LogP contribution in [-0.2, 0) is 14.3 Å². The van der Waals surface area contributed by atoms with Gasteiger partial charge in [-0.1, -0.05) is 122 Å². The van der Waals surface area contributed by atoms with Crippen LogP contribution in [0.3, 0.4) is 0 Å². The Morgan fingerprint density at radius 3 is 1.28 bits per heavy atom. The van der Waals surface area contributed by atoms with Crippen molar-refractivity contribution in [1.82, 2.24) is 5.32 Å². The molecule has 4 nitrogen and oxygen atoms in total. The Labute approximate surface area is 180 Å². The third-order valence-corrected chi connectivity index (χ3v) is 5.66. The van der Waals surface area contributed by atoms with Gasteiger partial charge in [0.05, 0.1) is 7.11 Å². The van der Waals surface area contributed by atoms with Crippen LogP contribution in [0, 0.1) is 0 Å². The maximum absolute atomic E-state index is 11.5. The predicted molar refractivity (Wildman–Crippen MR) is 123 cm³/mol. The molecule has 0 atom stereocenters. The van der Waals surface area contributed by atoms with Gasteiger partial charge in [0, 0.05) is 6.42 Å². The molecule has 0 aromatic heterocycles. The van der Waals surface area contributed by atoms with E-state index in [2.05, 4.69) is 17.0 Å². The van der Waals surface area contributed by atoms with Gasteiger partial charge in [0.15, 0.2) is 0 Å². The van der Waals surface area contributed by atoms with E-state index in [0.717, 1.165) is 12.8 Å². The van der Waals surface area contributed by atoms with Gasteiger partial charge in [-0.25, -0.2) is 0 Å². The second-order valence-electron chi connectivity index (χ2n) is 8.47. The van der Waals surface area contributed by atoms with Gasteiger partial charge in [-0.15, -0.1) is 0 Å². The molecule has 0 rings (SSSR count). The van der Waals surface area contributed by atoms with Crippen molar-refractivity contribution in [2.24, 2.45) is 0 Å². The van der Waals surface area contributed by atoms with Crippen molar-refractivity contribution in [3.05, 3.63) is 0 Å². The fourth-order valence-electron chi connectivity index (χ4n) is 3.70. The molecule has 1 N–H and O–H groups in total. The Balaban J connectivity index is 3.11. The van der Waals surface area contributed by atoms with Gasteiger partial charge in [-0.3, -0.25) is 9.59 Å². The van der Waals surface area contributed by atoms with Crippen molar-refractivity contribution in [2.45, 2.75) is 135 Å². The van der Waals surface area contributed by atoms with Gasteiger partial charge in [0.1, 0.15) is 6.54 Å². The molecule has 29 heavy (non-hydrogen) atoms. The average Bonchev–Trinajstić information content (AvgIpc) is 2.73. The molecule has 0 spiro atoms. The van der Waals surface area contributed by atoms with Crippen molar-refractivity contribution in [3.63, 3.8) is 0 Å². The molecule has 4 heteroatoms. The normalized spacial score (nSPS) is 10.8. The van der Waals surface area contributed by atoms with Crippen LogP contribution in [0.2, 0.25) is 0 Å². The molecule has 0 saturated carbocycles. The molecule has 0 aromatic rings. The molecule has 172 valence electrons. The van der Waals surface area contributed by atoms with Gasteiger partial charge < -0.3 is 10.1 Å². The summed E-state index contributed by atoms with van der Waals surface area (Å²) in [6.45, 7) is 2.26. The molecule has 0 radical (unpaired) electrons. The summed E-state index contributed by atoms with van der Waals surface area (Å²) in [5, 5.41) is 2.58. The molecule has 1 amide bonds. The average molecular weight is 412 g/mol. The highest BCUT2D eigenvalue weighted by molar-refractivity contribution is 5.81. The summed E-state index contributed by atoms with van der Waals surface area (Å²) in [6.07, 6.45) is 26.2. The number of methoxy groups -OCH3 is 1. The second kappa shape index (κ2) is 23.2. The van der Waals surface area contributed by atoms with Crippen LogP contribution >= 0.6 is 0 Å². The molecule has 0 aliphatic heterocycles. The van der Waals surface area contributed by atoms with Crippen LogP contribution in [0.5, 0.6) is 0 Å². The molecule has 0 heterocycles. The van der Waals surface area contributed by atoms with E-state index < -0.39 is 5.97 Å². The maximum Gasteiger partial charge on any atom is 0.325 e. The lowest BCUT2D eigenvalue weighted by Crippen LogP contribution is -2.29. The fourth-order valence-corrected chi connectivity index (χ4v) is 3.70. The summed E-state index contributed by atoms with van der Waals surface area (Å²) in [5.41, 5.74) is 0. The highest BCUT2D eigenvalue weighted by atomic mass is 16.5. The maximum atomic E-state index is 11.5. The molecule has 0 fully saturated rings. The lowest BCUT2D eigenvalue weighted by atomic mass is 10.0. The van der Waals surface area contributed by atoms with Gasteiger partial charge in [-0.2, -0.15) is 0 Å². The van der Waals surface area contributed by atoms with Crippen LogP contribution in [-0.4, -0.2) is 25.5 Å². The molecular weight excluding hydrogens is 362 g/mol. The largest absolute Gasteiger partial charge is 0.468 e. The zero-order chi connectivity index (χ0) is 21.4. The number of esters is 1. The minimum Gasteiger partial charge on any atom is -0.468 e. The summed E-state index contributed by atoms with van der Waals surface area (Å²) in [6, 6.07) is 0. The van der Waals surface area contributed by atoms with Crippen molar-refractivity contribution < 1.29 is 14.3 Å². The summed E-state index contributed by atoms with van der Waals surface area (Å²) in [7, 11) is 1.33. The first-order chi connectivity index (χ1) is 14.2. The summed E-state index contributed by atoms with van der Waals surface area (Å²) in [4.78, 5) is 22.5. The predicted octanol–water partition coefficient (Wildman–Crippen LogP) is 7.10. The number of hydrogen-bond donors (Lipinski definition) is 1. The summed E-state index contributed by atoms with van der Waals surface area (Å²) in [5.74, 6) is -0.450. The smallest absolute Gasteiger partial charge is 0.325 e. The number of nitrogens with one attached hydrogen (secondary N) is 1. The first-order valence-corrected chi connectivity index (χ1v) is 12.5. The zero-order valence-corrected chi connectivity index (χ0v) is 19.6. The number of ether oxygens (including phenoxy) is 1. The summed E-state index contributed by atoms with van der Waals surface area (Å²) >= 11 is 0. The van der Waals surface area contributed by atoms with E-state index in [1.807, 2.05) is 0 Å². The van der Waals surface area contributed by atoms with Gasteiger partial charge >= 0.3 is 5.97 Å². The zero-order valence-electron chi connectivity index (χ0n) is 19.6. The van der Waals surface area contributed by atoms with Crippen molar-refractivity contribution in [3.8, 4) is 0 Å². The molecule has 0 saturated heterocycles. The minimum atomic E-state index is -0.397. The van der Waals surface area contributed by atoms with E-state index in [1.165, 1.54) is 116 Å². The Morgan fingerprint density at radius 2 is 0.931 bits per heavy atom. The number of hydrogen-bond acceptors (Lipinski definition) is 3. The number of carbonyl (C=O) groups is 2. The first kappa shape index (κ1) is 27.9. The Bertz CT molecular complexity index is 371. The Morgan fingerprint density at radius 1 is 0.586 bits per heavy atom. The Kier molecular flexibility index (Phi) is 22.4. The minimum absolute atomic E-state index is 0.0194. The number of carbonyl (C=O) groups excluding carboxylic acids is 2. The molecular formula is C25H49NO3. The third kappa shape index (κ3) is 23.1. The van der Waals surface area contributed by atoms with E-state index in [-0.39, 0.29) is 12.5 Å². The van der Waals surface area contributed by atoms with E-state index >= 15 is 0 Å². The SMILES string of the molecule is CCCCCCCCCCCCCCCCCCCCCC(=O)NCC(=O)OC. The fraction of sp³-hybridized carbons (Fsp3) is 0.920. The highest BCUT2D eigenvalue weighted by Gasteiger charge is 2.04. The third-order valence-electron chi connectivity index (χ3n) is 5.66. The molecule has 0 aromatic carbocycles. The second-order valence-corrected chi connectivity index (χ2v) is 8.47. The van der Waals surface area contributed by atoms with Crippen molar-refractivity contribution in [1.29, 1.82) is 0 Å². The highest BCUT2D eigenvalue weighted by Crippen LogP contribution is 2.14. The molecule has 0 unspecified atom stereocenters. The molecule has 0 aliphatic carbocycles. The monoisotopic (exact) mass is 411 g/mol. The van der Waals surface area contributed by atoms with E-state index in [9.17, 15) is 9.59 Å². The topological polar surface area (TPSA) is 55.4 Å². The lowest BCUT2D eigenvalue weighted by molar-refractivity contribution is -0.141. The van der Waals surface area contributed by atoms with E-state index in [4.69, 9.17) is 0 Å². The van der Waals surface area contributed by atoms with Crippen molar-refractivity contribution in [2.75, 3.05) is 13.7 Å². The van der Waals surface area contributed by atoms with Gasteiger partial charge in [0.2, 0.25) is 5.91 Å². The Hall–Kier alpha value is -1.06. The van der Waals surface area contributed by atoms with E-state index in [1.54, 1.807) is 0 Å². The standard InChI is InChI=1S/C25H49NO3/c1-3-4-5-6-7-8-9-10-11-12-13-14-15-16-17-18-19-20-21-22-24(27)26-23-25(28)29-2/h3-23H2,1-2H3,(H,26,27). The van der Waals surface area contributed by atoms with E-state index in [0.29, 0.717) is 6.42 Å². The number of rotatable bonds is 22. The lowest BCUT2D eigenvalue weighted by Gasteiger charge is -2.05. The molecule has 0 bridgehead atoms. The van der Waals surface area contributed by atoms with Crippen LogP contribution in [0.25, 0.3) is 0 Å². The number of unbranched alkanes of at least 4 members (excludes halogenated alkanes) is 18. The van der Waals surface area contributed by atoms with Crippen LogP contribution < -0.4 is 5.32 Å². The van der Waals surface area contributed by atoms with Crippen LogP contribution in [0.15, 0.2) is 0 Å². The van der Waals surface area contributed by atoms with Gasteiger partial charge in [0.25, 0.3) is 0 Å².